The molecule has 6 rings (SSSR count). The summed E-state index contributed by atoms with van der Waals surface area (Å²) in [6.45, 7) is 16.4. The first kappa shape index (κ1) is 59.8. The summed E-state index contributed by atoms with van der Waals surface area (Å²) in [6, 6.07) is 26.4. The third-order valence-electron chi connectivity index (χ3n) is 10.9. The molecule has 0 saturated carbocycles. The van der Waals surface area contributed by atoms with Gasteiger partial charge in [0, 0.05) is 94.4 Å². The fraction of sp³-hybridized carbons (Fsp3) is 0.389. The molecule has 2 aliphatic heterocycles. The molecule has 13 nitrogen and oxygen atoms in total. The Kier molecular flexibility index (Phi) is 23.3. The Balaban J connectivity index is 0.000000473. The maximum absolute atomic E-state index is 13.5. The molecule has 4 N–H and O–H groups in total. The molecule has 4 aromatic rings. The fourth-order valence-electron chi connectivity index (χ4n) is 7.75. The summed E-state index contributed by atoms with van der Waals surface area (Å²) in [7, 11) is -3.79. The second kappa shape index (κ2) is 27.3. The average Bonchev–Trinajstić information content (AvgIpc) is 3.57. The van der Waals surface area contributed by atoms with Crippen molar-refractivity contribution in [3.63, 3.8) is 0 Å². The van der Waals surface area contributed by atoms with Gasteiger partial charge in [0.25, 0.3) is 0 Å². The van der Waals surface area contributed by atoms with Crippen LogP contribution in [0.5, 0.6) is 0 Å². The molecule has 70 heavy (non-hydrogen) atoms. The van der Waals surface area contributed by atoms with E-state index in [1.54, 1.807) is 39.2 Å². The summed E-state index contributed by atoms with van der Waals surface area (Å²) in [5, 5.41) is 2.77. The van der Waals surface area contributed by atoms with Crippen LogP contribution in [-0.2, 0) is 34.9 Å². The number of alkyl carbamates (subject to hydrolysis) is 1. The minimum Gasteiger partial charge on any atom is -1.00 e. The van der Waals surface area contributed by atoms with E-state index in [2.05, 4.69) is 38.0 Å². The summed E-state index contributed by atoms with van der Waals surface area (Å²) in [5.74, 6) is 0.739. The van der Waals surface area contributed by atoms with Crippen LogP contribution in [0.15, 0.2) is 116 Å². The standard InChI is InChI=1S/C29H37N3O4S.C24H30N4O2S.CH4.K.H/c1-7-15-32(16-8-2)27(33)23-17-22-10-9-21(20-11-13-24(14-12-20)37(6)35)18-25(22)30-26(19-23)31-28(34)36-29(3,4)5;1-4-12-28(13-5-2)24(29)20-14-19-7-6-18(15-22(19)27-23(25)16-20)17-8-10-21(11-9-17)31(3,26)30;;;/h9-14,17-18H,7-8,15-16,19H2,1-6H3,(H,30,31,34);6-11,14-15,26H,4-5,12-13,16H2,1-3H3,(H2,25,27);1H4;;/q;;;+1;-1. The molecule has 0 fully saturated rings. The monoisotopic (exact) mass is 1020 g/mol. The number of amidine groups is 2. The van der Waals surface area contributed by atoms with Crippen LogP contribution in [0.25, 0.3) is 34.4 Å². The van der Waals surface area contributed by atoms with E-state index in [0.29, 0.717) is 52.9 Å². The molecule has 2 aliphatic rings. The van der Waals surface area contributed by atoms with Crippen LogP contribution in [0, 0.1) is 4.78 Å². The number of benzene rings is 4. The molecule has 4 aromatic carbocycles. The predicted octanol–water partition coefficient (Wildman–Crippen LogP) is 8.65. The molecule has 2 heterocycles. The van der Waals surface area contributed by atoms with E-state index in [4.69, 9.17) is 20.2 Å². The van der Waals surface area contributed by atoms with Crippen molar-refractivity contribution in [3.8, 4) is 22.3 Å². The number of fused-ring (bicyclic) bond motifs is 2. The number of ether oxygens (including phenoxy) is 1. The molecule has 0 saturated heterocycles. The van der Waals surface area contributed by atoms with Crippen molar-refractivity contribution in [1.29, 1.82) is 4.78 Å². The van der Waals surface area contributed by atoms with Gasteiger partial charge in [-0.2, -0.15) is 0 Å². The van der Waals surface area contributed by atoms with Crippen LogP contribution in [0.4, 0.5) is 16.2 Å². The van der Waals surface area contributed by atoms with Crippen molar-refractivity contribution in [2.24, 2.45) is 15.7 Å². The number of amides is 3. The molecule has 0 spiro atoms. The Morgan fingerprint density at radius 2 is 1.14 bits per heavy atom. The molecule has 0 aromatic heterocycles. The number of hydrogen-bond donors (Lipinski definition) is 3. The first-order chi connectivity index (χ1) is 32.2. The minimum atomic E-state index is -2.74. The van der Waals surface area contributed by atoms with Gasteiger partial charge in [-0.3, -0.25) is 19.1 Å². The van der Waals surface area contributed by atoms with Crippen LogP contribution in [-0.4, -0.2) is 92.1 Å². The van der Waals surface area contributed by atoms with Crippen molar-refractivity contribution in [1.82, 2.24) is 15.1 Å². The largest absolute Gasteiger partial charge is 1.00 e. The Morgan fingerprint density at radius 3 is 1.56 bits per heavy atom. The van der Waals surface area contributed by atoms with Gasteiger partial charge in [-0.1, -0.05) is 83.7 Å². The third-order valence-corrected chi connectivity index (χ3v) is 13.0. The number of carbonyl (C=O) groups is 3. The van der Waals surface area contributed by atoms with Gasteiger partial charge in [0.2, 0.25) is 11.8 Å². The van der Waals surface area contributed by atoms with E-state index in [0.717, 1.165) is 82.7 Å². The van der Waals surface area contributed by atoms with Crippen LogP contribution >= 0.6 is 0 Å². The van der Waals surface area contributed by atoms with Crippen molar-refractivity contribution >= 4 is 73.6 Å². The van der Waals surface area contributed by atoms with Gasteiger partial charge in [0.05, 0.1) is 21.1 Å². The predicted molar refractivity (Wildman–Crippen MR) is 286 cm³/mol. The zero-order valence-electron chi connectivity index (χ0n) is 42.9. The Hall–Kier alpha value is -4.55. The Labute approximate surface area is 463 Å². The summed E-state index contributed by atoms with van der Waals surface area (Å²) >= 11 is 0. The van der Waals surface area contributed by atoms with Crippen molar-refractivity contribution < 1.29 is 80.3 Å². The van der Waals surface area contributed by atoms with E-state index in [1.165, 1.54) is 6.26 Å². The van der Waals surface area contributed by atoms with Gasteiger partial charge in [-0.05, 0) is 117 Å². The van der Waals surface area contributed by atoms with Gasteiger partial charge in [0.1, 0.15) is 17.3 Å². The van der Waals surface area contributed by atoms with Crippen LogP contribution in [0.2, 0.25) is 0 Å². The van der Waals surface area contributed by atoms with E-state index in [1.807, 2.05) is 94.7 Å². The molecule has 0 bridgehead atoms. The summed E-state index contributed by atoms with van der Waals surface area (Å²) in [5.41, 5.74) is 13.5. The maximum atomic E-state index is 13.5. The zero-order chi connectivity index (χ0) is 49.8. The van der Waals surface area contributed by atoms with Gasteiger partial charge < -0.3 is 21.7 Å². The van der Waals surface area contributed by atoms with Crippen LogP contribution in [0.3, 0.4) is 0 Å². The molecule has 372 valence electrons. The van der Waals surface area contributed by atoms with Crippen LogP contribution < -0.4 is 62.4 Å². The minimum absolute atomic E-state index is 0. The van der Waals surface area contributed by atoms with E-state index in [9.17, 15) is 22.8 Å². The van der Waals surface area contributed by atoms with E-state index >= 15 is 0 Å². The SMILES string of the molecule is C.CCCN(CCC)C(=O)C1=Cc2ccc(-c3ccc(S(C)(=N)=O)cc3)cc2N=C(N)C1.CCCN(CCC)C(=O)C1=Cc2ccc(-c3ccc(S(C)=O)cc3)cc2N=C(NC(=O)OC(C)(C)C)C1.[H-].[K+]. The number of aliphatic imine (C=N–C) groups is 2. The molecule has 16 heteroatoms. The number of carbonyl (C=O) groups excluding carboxylic acids is 3. The smallest absolute Gasteiger partial charge is 1.00 e. The average molecular weight is 1020 g/mol. The third kappa shape index (κ3) is 17.1. The zero-order valence-corrected chi connectivity index (χ0v) is 46.7. The van der Waals surface area contributed by atoms with Gasteiger partial charge >= 0.3 is 57.5 Å². The topological polar surface area (TPSA) is 188 Å². The Bertz CT molecular complexity index is 2740. The number of nitrogens with one attached hydrogen (secondary N) is 2. The molecular formula is C54H72KN7O6S2. The summed E-state index contributed by atoms with van der Waals surface area (Å²) in [4.78, 5) is 53.5. The Morgan fingerprint density at radius 1 is 0.729 bits per heavy atom. The van der Waals surface area contributed by atoms with Crippen molar-refractivity contribution in [3.05, 3.63) is 107 Å². The molecular weight excluding hydrogens is 946 g/mol. The number of hydrogen-bond acceptors (Lipinski definition) is 10. The van der Waals surface area contributed by atoms with E-state index < -0.39 is 32.2 Å². The van der Waals surface area contributed by atoms with Gasteiger partial charge in [-0.25, -0.2) is 23.8 Å². The van der Waals surface area contributed by atoms with Crippen molar-refractivity contribution in [2.75, 3.05) is 38.7 Å². The van der Waals surface area contributed by atoms with Gasteiger partial charge in [0.15, 0.2) is 0 Å². The number of rotatable bonds is 14. The maximum Gasteiger partial charge on any atom is 1.00 e. The second-order valence-corrected chi connectivity index (χ2v) is 21.5. The molecule has 0 aliphatic carbocycles. The second-order valence-electron chi connectivity index (χ2n) is 18.0. The quantitative estimate of drug-likeness (QED) is 0.105. The first-order valence-electron chi connectivity index (χ1n) is 23.2. The number of nitrogens with zero attached hydrogens (tertiary/aromatic N) is 4. The van der Waals surface area contributed by atoms with Gasteiger partial charge in [-0.15, -0.1) is 0 Å². The fourth-order valence-corrected chi connectivity index (χ4v) is 8.92. The molecule has 3 amide bonds. The first-order valence-corrected chi connectivity index (χ1v) is 26.7. The summed E-state index contributed by atoms with van der Waals surface area (Å²) < 4.78 is 36.8. The number of nitrogens with two attached hydrogens (primary N) is 1. The summed E-state index contributed by atoms with van der Waals surface area (Å²) in [6.07, 6.45) is 10.3. The molecule has 0 radical (unpaired) electrons. The van der Waals surface area contributed by atoms with E-state index in [-0.39, 0.29) is 78.5 Å². The normalized spacial score (nSPS) is 14.1. The molecule has 2 atom stereocenters. The van der Waals surface area contributed by atoms with Crippen LogP contribution in [0.1, 0.15) is 107 Å². The van der Waals surface area contributed by atoms with Crippen molar-refractivity contribution in [2.45, 2.75) is 110 Å². The molecule has 2 unspecified atom stereocenters.